The molecule has 0 fully saturated rings. The fourth-order valence-electron chi connectivity index (χ4n) is 2.04. The van der Waals surface area contributed by atoms with Crippen molar-refractivity contribution in [2.75, 3.05) is 46.2 Å². The van der Waals surface area contributed by atoms with Gasteiger partial charge in [0.25, 0.3) is 0 Å². The van der Waals surface area contributed by atoms with Gasteiger partial charge < -0.3 is 15.4 Å². The molecule has 7 heteroatoms. The SMILES string of the molecule is CC.CC.CC.CNCCNC(=O)C(CC(C)=O)N(C)C.CSCCCCCCC=O. The third-order valence-corrected chi connectivity index (χ3v) is 4.20. The van der Waals surface area contributed by atoms with Gasteiger partial charge in [-0.3, -0.25) is 14.5 Å². The maximum atomic E-state index is 11.7. The first kappa shape index (κ1) is 40.4. The Bertz CT molecular complexity index is 355. The Labute approximate surface area is 199 Å². The molecule has 1 amide bonds. The summed E-state index contributed by atoms with van der Waals surface area (Å²) in [7, 11) is 5.42. The molecule has 0 aliphatic rings. The van der Waals surface area contributed by atoms with Crippen molar-refractivity contribution in [2.45, 2.75) is 93.0 Å². The minimum Gasteiger partial charge on any atom is -0.353 e. The molecule has 0 aliphatic carbocycles. The van der Waals surface area contributed by atoms with E-state index in [1.165, 1.54) is 31.9 Å². The summed E-state index contributed by atoms with van der Waals surface area (Å²) in [5, 5.41) is 5.71. The summed E-state index contributed by atoms with van der Waals surface area (Å²) in [5.74, 6) is 1.20. The molecule has 0 saturated heterocycles. The van der Waals surface area contributed by atoms with Gasteiger partial charge in [-0.15, -0.1) is 0 Å². The molecule has 2 N–H and O–H groups in total. The Kier molecular flexibility index (Phi) is 51.6. The lowest BCUT2D eigenvalue weighted by Gasteiger charge is -2.22. The molecule has 0 bridgehead atoms. The number of unbranched alkanes of at least 4 members (excludes halogenated alkanes) is 4. The highest BCUT2D eigenvalue weighted by atomic mass is 32.2. The molecular weight excluding hydrogens is 410 g/mol. The van der Waals surface area contributed by atoms with Crippen LogP contribution < -0.4 is 10.6 Å². The molecule has 0 aromatic heterocycles. The number of rotatable bonds is 14. The maximum absolute atomic E-state index is 11.7. The van der Waals surface area contributed by atoms with E-state index < -0.39 is 0 Å². The molecule has 0 aromatic rings. The van der Waals surface area contributed by atoms with Crippen molar-refractivity contribution in [3.8, 4) is 0 Å². The van der Waals surface area contributed by atoms with Crippen LogP contribution in [-0.4, -0.2) is 75.2 Å². The highest BCUT2D eigenvalue weighted by Gasteiger charge is 2.21. The van der Waals surface area contributed by atoms with Gasteiger partial charge in [-0.25, -0.2) is 0 Å². The minimum absolute atomic E-state index is 0.0254. The maximum Gasteiger partial charge on any atom is 0.237 e. The van der Waals surface area contributed by atoms with Crippen LogP contribution in [0.25, 0.3) is 0 Å². The topological polar surface area (TPSA) is 78.5 Å². The number of nitrogens with one attached hydrogen (secondary N) is 2. The van der Waals surface area contributed by atoms with E-state index in [1.807, 2.05) is 60.4 Å². The molecule has 1 atom stereocenters. The van der Waals surface area contributed by atoms with E-state index in [2.05, 4.69) is 16.9 Å². The lowest BCUT2D eigenvalue weighted by atomic mass is 10.1. The average Bonchev–Trinajstić information content (AvgIpc) is 2.79. The van der Waals surface area contributed by atoms with Crippen LogP contribution in [0.4, 0.5) is 0 Å². The van der Waals surface area contributed by atoms with Crippen LogP contribution in [0.1, 0.15) is 87.0 Å². The van der Waals surface area contributed by atoms with E-state index in [9.17, 15) is 14.4 Å². The Hall–Kier alpha value is -0.920. The van der Waals surface area contributed by atoms with Crippen molar-refractivity contribution >= 4 is 29.7 Å². The second kappa shape index (κ2) is 39.5. The summed E-state index contributed by atoms with van der Waals surface area (Å²) < 4.78 is 0. The number of carbonyl (C=O) groups excluding carboxylic acids is 3. The first-order valence-electron chi connectivity index (χ1n) is 11.9. The summed E-state index contributed by atoms with van der Waals surface area (Å²) in [6.07, 6.45) is 9.05. The van der Waals surface area contributed by atoms with Crippen LogP contribution in [0.15, 0.2) is 0 Å². The lowest BCUT2D eigenvalue weighted by Crippen LogP contribution is -2.45. The molecule has 190 valence electrons. The molecule has 0 radical (unpaired) electrons. The van der Waals surface area contributed by atoms with Gasteiger partial charge in [0.1, 0.15) is 12.1 Å². The second-order valence-electron chi connectivity index (χ2n) is 6.14. The number of amides is 1. The predicted molar refractivity (Wildman–Crippen MR) is 141 cm³/mol. The molecule has 0 aliphatic heterocycles. The van der Waals surface area contributed by atoms with Crippen molar-refractivity contribution in [1.29, 1.82) is 0 Å². The summed E-state index contributed by atoms with van der Waals surface area (Å²) in [5.41, 5.74) is 0. The van der Waals surface area contributed by atoms with Crippen molar-refractivity contribution in [1.82, 2.24) is 15.5 Å². The standard InChI is InChI=1S/C10H21N3O2.C8H16OS.3C2H6/c1-8(14)7-9(13(3)4)10(15)12-6-5-11-2;1-10-8-6-4-2-3-5-7-9;3*1-2/h9,11H,5-7H2,1-4H3,(H,12,15);7H,2-6,8H2,1H3;3*1-2H3. The van der Waals surface area contributed by atoms with E-state index in [1.54, 1.807) is 19.0 Å². The number of carbonyl (C=O) groups is 3. The number of aldehydes is 1. The molecule has 0 rings (SSSR count). The second-order valence-corrected chi connectivity index (χ2v) is 7.13. The molecule has 1 unspecified atom stereocenters. The van der Waals surface area contributed by atoms with Gasteiger partial charge in [0, 0.05) is 25.9 Å². The Morgan fingerprint density at radius 2 is 1.45 bits per heavy atom. The highest BCUT2D eigenvalue weighted by molar-refractivity contribution is 7.98. The van der Waals surface area contributed by atoms with Crippen molar-refractivity contribution in [3.05, 3.63) is 0 Å². The van der Waals surface area contributed by atoms with E-state index in [0.717, 1.165) is 25.7 Å². The van der Waals surface area contributed by atoms with Crippen molar-refractivity contribution < 1.29 is 14.4 Å². The summed E-state index contributed by atoms with van der Waals surface area (Å²) in [4.78, 5) is 34.3. The van der Waals surface area contributed by atoms with Gasteiger partial charge in [0.2, 0.25) is 5.91 Å². The van der Waals surface area contributed by atoms with E-state index in [0.29, 0.717) is 6.54 Å². The molecule has 0 heterocycles. The Morgan fingerprint density at radius 1 is 0.935 bits per heavy atom. The number of Topliss-reactive ketones (excluding diaryl/α,β-unsaturated/α-hetero) is 1. The van der Waals surface area contributed by atoms with Crippen molar-refractivity contribution in [3.63, 3.8) is 0 Å². The fraction of sp³-hybridized carbons (Fsp3) is 0.875. The van der Waals surface area contributed by atoms with Gasteiger partial charge in [0.15, 0.2) is 0 Å². The van der Waals surface area contributed by atoms with Crippen LogP contribution in [-0.2, 0) is 14.4 Å². The van der Waals surface area contributed by atoms with E-state index in [-0.39, 0.29) is 24.2 Å². The van der Waals surface area contributed by atoms with E-state index in [4.69, 9.17) is 0 Å². The summed E-state index contributed by atoms with van der Waals surface area (Å²) in [6, 6.07) is -0.362. The van der Waals surface area contributed by atoms with Crippen molar-refractivity contribution in [2.24, 2.45) is 0 Å². The largest absolute Gasteiger partial charge is 0.353 e. The highest BCUT2D eigenvalue weighted by Crippen LogP contribution is 2.05. The Morgan fingerprint density at radius 3 is 1.84 bits per heavy atom. The quantitative estimate of drug-likeness (QED) is 0.283. The smallest absolute Gasteiger partial charge is 0.237 e. The molecule has 31 heavy (non-hydrogen) atoms. The zero-order valence-corrected chi connectivity index (χ0v) is 23.4. The average molecular weight is 466 g/mol. The van der Waals surface area contributed by atoms with Gasteiger partial charge in [-0.2, -0.15) is 11.8 Å². The van der Waals surface area contributed by atoms with Crippen LogP contribution in [0.3, 0.4) is 0 Å². The molecule has 0 spiro atoms. The summed E-state index contributed by atoms with van der Waals surface area (Å²) in [6.45, 7) is 14.8. The number of ketones is 1. The third-order valence-electron chi connectivity index (χ3n) is 3.50. The lowest BCUT2D eigenvalue weighted by molar-refractivity contribution is -0.129. The number of nitrogens with zero attached hydrogens (tertiary/aromatic N) is 1. The van der Waals surface area contributed by atoms with Crippen LogP contribution in [0.2, 0.25) is 0 Å². The molecule has 0 saturated carbocycles. The van der Waals surface area contributed by atoms with Crippen LogP contribution >= 0.6 is 11.8 Å². The van der Waals surface area contributed by atoms with Gasteiger partial charge in [-0.1, -0.05) is 54.4 Å². The van der Waals surface area contributed by atoms with Crippen LogP contribution in [0.5, 0.6) is 0 Å². The number of thioether (sulfide) groups is 1. The zero-order valence-electron chi connectivity index (χ0n) is 22.6. The van der Waals surface area contributed by atoms with Gasteiger partial charge in [-0.05, 0) is 52.9 Å². The fourth-order valence-corrected chi connectivity index (χ4v) is 2.53. The Balaban J connectivity index is -0.000000122. The van der Waals surface area contributed by atoms with Gasteiger partial charge >= 0.3 is 0 Å². The first-order chi connectivity index (χ1) is 14.9. The van der Waals surface area contributed by atoms with Gasteiger partial charge in [0.05, 0.1) is 6.04 Å². The van der Waals surface area contributed by atoms with Crippen LogP contribution in [0, 0.1) is 0 Å². The minimum atomic E-state index is -0.362. The molecule has 6 nitrogen and oxygen atoms in total. The predicted octanol–water partition coefficient (Wildman–Crippen LogP) is 4.81. The number of hydrogen-bond donors (Lipinski definition) is 2. The number of hydrogen-bond acceptors (Lipinski definition) is 6. The zero-order chi connectivity index (χ0) is 25.5. The summed E-state index contributed by atoms with van der Waals surface area (Å²) >= 11 is 1.90. The third kappa shape index (κ3) is 40.0. The monoisotopic (exact) mass is 465 g/mol. The normalized spacial score (nSPS) is 9.81. The van der Waals surface area contributed by atoms with E-state index >= 15 is 0 Å². The molecule has 0 aromatic carbocycles. The number of likely N-dealkylation sites (N-methyl/N-ethyl adjacent to an activating group) is 2. The molecular formula is C24H55N3O3S. The first-order valence-corrected chi connectivity index (χ1v) is 13.3.